The lowest BCUT2D eigenvalue weighted by atomic mass is 10.3. The molecular formula is C18H16FN3O2. The first-order valence-corrected chi connectivity index (χ1v) is 7.45. The number of para-hydroxylation sites is 1. The van der Waals surface area contributed by atoms with Crippen LogP contribution >= 0.6 is 0 Å². The van der Waals surface area contributed by atoms with Gasteiger partial charge in [-0.15, -0.1) is 0 Å². The number of hydrogen-bond acceptors (Lipinski definition) is 3. The molecule has 5 nitrogen and oxygen atoms in total. The van der Waals surface area contributed by atoms with E-state index < -0.39 is 11.8 Å². The van der Waals surface area contributed by atoms with Gasteiger partial charge in [0.1, 0.15) is 11.6 Å². The van der Waals surface area contributed by atoms with E-state index in [9.17, 15) is 9.18 Å². The van der Waals surface area contributed by atoms with Crippen molar-refractivity contribution in [1.29, 1.82) is 0 Å². The number of hydrogen-bond donors (Lipinski definition) is 1. The highest BCUT2D eigenvalue weighted by Gasteiger charge is 2.17. The van der Waals surface area contributed by atoms with E-state index in [2.05, 4.69) is 10.3 Å². The Bertz CT molecular complexity index is 791. The number of anilines is 1. The van der Waals surface area contributed by atoms with Crippen LogP contribution in [0.5, 0.6) is 0 Å². The van der Waals surface area contributed by atoms with Crippen molar-refractivity contribution in [1.82, 2.24) is 9.88 Å². The van der Waals surface area contributed by atoms with Crippen LogP contribution in [0.15, 0.2) is 71.5 Å². The van der Waals surface area contributed by atoms with Crippen LogP contribution in [0.2, 0.25) is 0 Å². The van der Waals surface area contributed by atoms with E-state index in [4.69, 9.17) is 4.42 Å². The molecule has 2 heterocycles. The van der Waals surface area contributed by atoms with Crippen LogP contribution in [-0.4, -0.2) is 15.9 Å². The first kappa shape index (κ1) is 15.7. The molecule has 0 fully saturated rings. The van der Waals surface area contributed by atoms with Crippen LogP contribution in [-0.2, 0) is 13.1 Å². The molecule has 6 heteroatoms. The molecule has 1 N–H and O–H groups in total. The summed E-state index contributed by atoms with van der Waals surface area (Å²) < 4.78 is 19.1. The van der Waals surface area contributed by atoms with Crippen molar-refractivity contribution in [3.63, 3.8) is 0 Å². The Kier molecular flexibility index (Phi) is 4.86. The quantitative estimate of drug-likeness (QED) is 0.770. The largest absolute Gasteiger partial charge is 0.467 e. The van der Waals surface area contributed by atoms with Crippen LogP contribution < -0.4 is 5.32 Å². The molecule has 3 aromatic rings. The molecule has 0 spiro atoms. The number of benzene rings is 1. The van der Waals surface area contributed by atoms with Gasteiger partial charge in [0.05, 0.1) is 30.7 Å². The zero-order chi connectivity index (χ0) is 16.8. The molecule has 0 aliphatic heterocycles. The van der Waals surface area contributed by atoms with Crippen molar-refractivity contribution >= 4 is 11.7 Å². The maximum Gasteiger partial charge on any atom is 0.322 e. The number of carbonyl (C=O) groups excluding carboxylic acids is 1. The van der Waals surface area contributed by atoms with Crippen molar-refractivity contribution in [3.05, 3.63) is 84.3 Å². The fourth-order valence-corrected chi connectivity index (χ4v) is 2.23. The number of aromatic nitrogens is 1. The van der Waals surface area contributed by atoms with Gasteiger partial charge in [0.15, 0.2) is 0 Å². The van der Waals surface area contributed by atoms with E-state index in [1.54, 1.807) is 42.8 Å². The molecule has 2 amide bonds. The van der Waals surface area contributed by atoms with E-state index in [-0.39, 0.29) is 18.8 Å². The minimum atomic E-state index is -0.485. The normalized spacial score (nSPS) is 10.4. The number of rotatable bonds is 5. The summed E-state index contributed by atoms with van der Waals surface area (Å²) in [7, 11) is 0. The first-order valence-electron chi connectivity index (χ1n) is 7.45. The minimum Gasteiger partial charge on any atom is -0.467 e. The summed E-state index contributed by atoms with van der Waals surface area (Å²) in [5.41, 5.74) is 0.862. The molecule has 0 saturated heterocycles. The standard InChI is InChI=1S/C18H16FN3O2/c19-16-8-1-2-9-17(16)21-18(23)22(13-15-7-5-11-24-15)12-14-6-3-4-10-20-14/h1-11H,12-13H2,(H,21,23). The van der Waals surface area contributed by atoms with Gasteiger partial charge >= 0.3 is 6.03 Å². The molecule has 0 unspecified atom stereocenters. The number of nitrogens with one attached hydrogen (secondary N) is 1. The third kappa shape index (κ3) is 3.98. The first-order chi connectivity index (χ1) is 11.7. The number of urea groups is 1. The molecule has 0 bridgehead atoms. The molecule has 0 radical (unpaired) electrons. The van der Waals surface area contributed by atoms with Crippen LogP contribution in [0.4, 0.5) is 14.9 Å². The highest BCUT2D eigenvalue weighted by molar-refractivity contribution is 5.89. The fourth-order valence-electron chi connectivity index (χ4n) is 2.23. The second-order valence-corrected chi connectivity index (χ2v) is 5.17. The number of nitrogens with zero attached hydrogens (tertiary/aromatic N) is 2. The summed E-state index contributed by atoms with van der Waals surface area (Å²) in [6, 6.07) is 14.6. The third-order valence-electron chi connectivity index (χ3n) is 3.41. The van der Waals surface area contributed by atoms with Crippen molar-refractivity contribution in [2.24, 2.45) is 0 Å². The minimum absolute atomic E-state index is 0.132. The smallest absolute Gasteiger partial charge is 0.322 e. The van der Waals surface area contributed by atoms with E-state index >= 15 is 0 Å². The lowest BCUT2D eigenvalue weighted by Gasteiger charge is -2.22. The van der Waals surface area contributed by atoms with Gasteiger partial charge < -0.3 is 14.6 Å². The van der Waals surface area contributed by atoms with E-state index in [0.29, 0.717) is 5.76 Å². The summed E-state index contributed by atoms with van der Waals surface area (Å²) in [5.74, 6) is 0.149. The van der Waals surface area contributed by atoms with Gasteiger partial charge in [0, 0.05) is 6.20 Å². The maximum atomic E-state index is 13.8. The van der Waals surface area contributed by atoms with E-state index in [0.717, 1.165) is 5.69 Å². The van der Waals surface area contributed by atoms with Gasteiger partial charge in [0.25, 0.3) is 0 Å². The predicted octanol–water partition coefficient (Wildman–Crippen LogP) is 4.05. The van der Waals surface area contributed by atoms with Gasteiger partial charge in [0.2, 0.25) is 0 Å². The topological polar surface area (TPSA) is 58.4 Å². The van der Waals surface area contributed by atoms with Crippen LogP contribution in [0.25, 0.3) is 0 Å². The zero-order valence-electron chi connectivity index (χ0n) is 12.9. The molecule has 0 saturated carbocycles. The highest BCUT2D eigenvalue weighted by Crippen LogP contribution is 2.15. The van der Waals surface area contributed by atoms with Crippen molar-refractivity contribution in [2.75, 3.05) is 5.32 Å². The van der Waals surface area contributed by atoms with Gasteiger partial charge in [-0.25, -0.2) is 9.18 Å². The van der Waals surface area contributed by atoms with Crippen molar-refractivity contribution in [3.8, 4) is 0 Å². The Balaban J connectivity index is 1.77. The molecule has 0 aliphatic carbocycles. The summed E-state index contributed by atoms with van der Waals surface area (Å²) >= 11 is 0. The molecule has 1 aromatic carbocycles. The monoisotopic (exact) mass is 325 g/mol. The summed E-state index contributed by atoms with van der Waals surface area (Å²) in [5, 5.41) is 2.59. The Morgan fingerprint density at radius 2 is 1.92 bits per heavy atom. The molecule has 122 valence electrons. The number of pyridine rings is 1. The van der Waals surface area contributed by atoms with E-state index in [1.165, 1.54) is 17.0 Å². The van der Waals surface area contributed by atoms with Gasteiger partial charge in [-0.3, -0.25) is 4.98 Å². The van der Waals surface area contributed by atoms with Gasteiger partial charge in [-0.2, -0.15) is 0 Å². The number of carbonyl (C=O) groups is 1. The Labute approximate surface area is 138 Å². The summed E-state index contributed by atoms with van der Waals surface area (Å²) in [6.07, 6.45) is 3.21. The summed E-state index contributed by atoms with van der Waals surface area (Å²) in [6.45, 7) is 0.533. The lowest BCUT2D eigenvalue weighted by molar-refractivity contribution is 0.200. The number of amides is 2. The number of halogens is 1. The lowest BCUT2D eigenvalue weighted by Crippen LogP contribution is -2.34. The SMILES string of the molecule is O=C(Nc1ccccc1F)N(Cc1ccccn1)Cc1ccco1. The molecule has 0 aliphatic rings. The Morgan fingerprint density at radius 1 is 1.08 bits per heavy atom. The molecule has 0 atom stereocenters. The molecular weight excluding hydrogens is 309 g/mol. The fraction of sp³-hybridized carbons (Fsp3) is 0.111. The average Bonchev–Trinajstić information content (AvgIpc) is 3.10. The highest BCUT2D eigenvalue weighted by atomic mass is 19.1. The Morgan fingerprint density at radius 3 is 2.62 bits per heavy atom. The van der Waals surface area contributed by atoms with Crippen LogP contribution in [0.3, 0.4) is 0 Å². The zero-order valence-corrected chi connectivity index (χ0v) is 12.9. The van der Waals surface area contributed by atoms with E-state index in [1.807, 2.05) is 12.1 Å². The predicted molar refractivity (Wildman–Crippen MR) is 87.6 cm³/mol. The third-order valence-corrected chi connectivity index (χ3v) is 3.41. The van der Waals surface area contributed by atoms with Crippen molar-refractivity contribution in [2.45, 2.75) is 13.1 Å². The van der Waals surface area contributed by atoms with Crippen molar-refractivity contribution < 1.29 is 13.6 Å². The Hall–Kier alpha value is -3.15. The molecule has 2 aromatic heterocycles. The molecule has 3 rings (SSSR count). The number of furan rings is 1. The van der Waals surface area contributed by atoms with Crippen LogP contribution in [0, 0.1) is 5.82 Å². The van der Waals surface area contributed by atoms with Gasteiger partial charge in [-0.1, -0.05) is 18.2 Å². The second kappa shape index (κ2) is 7.41. The average molecular weight is 325 g/mol. The van der Waals surface area contributed by atoms with Gasteiger partial charge in [-0.05, 0) is 36.4 Å². The van der Waals surface area contributed by atoms with Crippen LogP contribution in [0.1, 0.15) is 11.5 Å². The second-order valence-electron chi connectivity index (χ2n) is 5.17. The summed E-state index contributed by atoms with van der Waals surface area (Å²) in [4.78, 5) is 18.3. The molecule has 24 heavy (non-hydrogen) atoms. The maximum absolute atomic E-state index is 13.8.